The fourth-order valence-corrected chi connectivity index (χ4v) is 2.94. The van der Waals surface area contributed by atoms with Gasteiger partial charge in [-0.1, -0.05) is 54.6 Å². The van der Waals surface area contributed by atoms with Crippen LogP contribution in [0.25, 0.3) is 5.70 Å². The van der Waals surface area contributed by atoms with Crippen LogP contribution in [0.3, 0.4) is 0 Å². The van der Waals surface area contributed by atoms with E-state index in [1.165, 1.54) is 0 Å². The van der Waals surface area contributed by atoms with E-state index in [9.17, 15) is 10.1 Å². The number of nitrogens with zero attached hydrogens (tertiary/aromatic N) is 1. The molecule has 1 atom stereocenters. The van der Waals surface area contributed by atoms with Gasteiger partial charge in [0.25, 0.3) is 0 Å². The second kappa shape index (κ2) is 6.37. The molecule has 0 fully saturated rings. The van der Waals surface area contributed by atoms with Crippen LogP contribution in [0.1, 0.15) is 29.5 Å². The maximum Gasteiger partial charge on any atom is 0.411 e. The van der Waals surface area contributed by atoms with Gasteiger partial charge < -0.3 is 4.74 Å². The number of hydrogen-bond acceptors (Lipinski definition) is 3. The van der Waals surface area contributed by atoms with Crippen molar-refractivity contribution >= 4 is 11.8 Å². The van der Waals surface area contributed by atoms with Crippen molar-refractivity contribution in [2.75, 3.05) is 6.61 Å². The fraction of sp³-hybridized carbons (Fsp3) is 0.158. The second-order valence-corrected chi connectivity index (χ2v) is 5.18. The Bertz CT molecular complexity index is 804. The molecule has 0 saturated heterocycles. The monoisotopic (exact) mass is 304 g/mol. The zero-order valence-corrected chi connectivity index (χ0v) is 12.7. The summed E-state index contributed by atoms with van der Waals surface area (Å²) in [4.78, 5) is 11.8. The Morgan fingerprint density at radius 3 is 2.57 bits per heavy atom. The van der Waals surface area contributed by atoms with Gasteiger partial charge in [-0.3, -0.25) is 5.32 Å². The highest BCUT2D eigenvalue weighted by molar-refractivity contribution is 5.90. The normalized spacial score (nSPS) is 15.7. The molecule has 1 amide bonds. The van der Waals surface area contributed by atoms with Crippen molar-refractivity contribution in [3.05, 3.63) is 76.9 Å². The van der Waals surface area contributed by atoms with Gasteiger partial charge in [0, 0.05) is 11.5 Å². The molecule has 0 saturated carbocycles. The zero-order valence-electron chi connectivity index (χ0n) is 12.7. The number of nitrogens with one attached hydrogen (secondary N) is 1. The Morgan fingerprint density at radius 1 is 1.17 bits per heavy atom. The number of rotatable bonds is 3. The first-order valence-electron chi connectivity index (χ1n) is 7.48. The number of allylic oxidation sites excluding steroid dienone is 1. The van der Waals surface area contributed by atoms with Crippen LogP contribution in [0.15, 0.2) is 60.2 Å². The lowest BCUT2D eigenvalue weighted by atomic mass is 9.89. The topological polar surface area (TPSA) is 62.1 Å². The average molecular weight is 304 g/mol. The number of nitriles is 1. The summed E-state index contributed by atoms with van der Waals surface area (Å²) >= 11 is 0. The first-order chi connectivity index (χ1) is 11.3. The van der Waals surface area contributed by atoms with Crippen molar-refractivity contribution in [3.63, 3.8) is 0 Å². The van der Waals surface area contributed by atoms with Crippen LogP contribution < -0.4 is 5.32 Å². The number of hydrogen-bond donors (Lipinski definition) is 1. The maximum atomic E-state index is 11.8. The van der Waals surface area contributed by atoms with Crippen LogP contribution in [0.2, 0.25) is 0 Å². The Hall–Kier alpha value is -3.06. The number of carbonyl (C=O) groups is 1. The van der Waals surface area contributed by atoms with Crippen LogP contribution in [0.4, 0.5) is 4.79 Å². The molecule has 3 rings (SSSR count). The molecule has 4 heteroatoms. The molecule has 1 aliphatic carbocycles. The van der Waals surface area contributed by atoms with E-state index in [0.29, 0.717) is 11.3 Å². The van der Waals surface area contributed by atoms with Crippen LogP contribution in [0, 0.1) is 11.3 Å². The maximum absolute atomic E-state index is 11.8. The first kappa shape index (κ1) is 14.9. The summed E-state index contributed by atoms with van der Waals surface area (Å²) in [6.07, 6.45) is -0.543. The summed E-state index contributed by atoms with van der Waals surface area (Å²) in [5.74, 6) is -0.172. The largest absolute Gasteiger partial charge is 0.450 e. The molecule has 2 aromatic rings. The highest BCUT2D eigenvalue weighted by Crippen LogP contribution is 2.44. The van der Waals surface area contributed by atoms with Gasteiger partial charge in [0.05, 0.1) is 23.9 Å². The van der Waals surface area contributed by atoms with E-state index in [0.717, 1.165) is 16.7 Å². The van der Waals surface area contributed by atoms with Gasteiger partial charge in [-0.15, -0.1) is 0 Å². The van der Waals surface area contributed by atoms with Gasteiger partial charge in [0.15, 0.2) is 0 Å². The van der Waals surface area contributed by atoms with Gasteiger partial charge in [-0.25, -0.2) is 4.79 Å². The highest BCUT2D eigenvalue weighted by atomic mass is 16.5. The number of alkyl carbamates (subject to hydrolysis) is 1. The molecule has 1 unspecified atom stereocenters. The smallest absolute Gasteiger partial charge is 0.411 e. The lowest BCUT2D eigenvalue weighted by Gasteiger charge is -2.12. The minimum atomic E-state index is -0.543. The number of carbonyl (C=O) groups excluding carboxylic acids is 1. The van der Waals surface area contributed by atoms with Gasteiger partial charge in [0.1, 0.15) is 0 Å². The predicted octanol–water partition coefficient (Wildman–Crippen LogP) is 3.81. The molecule has 0 radical (unpaired) electrons. The quantitative estimate of drug-likeness (QED) is 0.937. The summed E-state index contributed by atoms with van der Waals surface area (Å²) in [7, 11) is 0. The van der Waals surface area contributed by atoms with Crippen LogP contribution in [-0.4, -0.2) is 12.7 Å². The summed E-state index contributed by atoms with van der Waals surface area (Å²) in [6, 6.07) is 19.8. The number of fused-ring (bicyclic) bond motifs is 1. The van der Waals surface area contributed by atoms with E-state index < -0.39 is 6.09 Å². The molecular formula is C19H16N2O2. The van der Waals surface area contributed by atoms with Gasteiger partial charge >= 0.3 is 6.09 Å². The highest BCUT2D eigenvalue weighted by Gasteiger charge is 2.33. The summed E-state index contributed by atoms with van der Waals surface area (Å²) in [6.45, 7) is 2.03. The lowest BCUT2D eigenvalue weighted by molar-refractivity contribution is 0.157. The van der Waals surface area contributed by atoms with Crippen molar-refractivity contribution in [2.45, 2.75) is 12.8 Å². The van der Waals surface area contributed by atoms with E-state index >= 15 is 0 Å². The van der Waals surface area contributed by atoms with Crippen LogP contribution >= 0.6 is 0 Å². The van der Waals surface area contributed by atoms with Crippen molar-refractivity contribution in [1.82, 2.24) is 5.32 Å². The molecular weight excluding hydrogens is 288 g/mol. The lowest BCUT2D eigenvalue weighted by Crippen LogP contribution is -2.23. The van der Waals surface area contributed by atoms with Gasteiger partial charge in [0.2, 0.25) is 0 Å². The molecule has 1 N–H and O–H groups in total. The fourth-order valence-electron chi connectivity index (χ4n) is 2.94. The van der Waals surface area contributed by atoms with E-state index in [-0.39, 0.29) is 12.5 Å². The predicted molar refractivity (Wildman–Crippen MR) is 87.4 cm³/mol. The standard InChI is InChI=1S/C19H16N2O2/c1-2-23-19(22)21-18-15-11-7-6-10-14(15)17(16(18)12-20)13-8-4-3-5-9-13/h3-11,17H,2H2,1H3,(H,21,22). The molecule has 0 aliphatic heterocycles. The van der Waals surface area contributed by atoms with Gasteiger partial charge in [-0.05, 0) is 18.1 Å². The molecule has 0 spiro atoms. The Labute approximate surface area is 135 Å². The van der Waals surface area contributed by atoms with E-state index in [1.807, 2.05) is 54.6 Å². The SMILES string of the molecule is CCOC(=O)NC1=C(C#N)C(c2ccccc2)c2ccccc21. The number of benzene rings is 2. The molecule has 0 heterocycles. The van der Waals surface area contributed by atoms with Crippen molar-refractivity contribution < 1.29 is 9.53 Å². The minimum absolute atomic E-state index is 0.172. The van der Waals surface area contributed by atoms with Gasteiger partial charge in [-0.2, -0.15) is 5.26 Å². The summed E-state index contributed by atoms with van der Waals surface area (Å²) in [5.41, 5.74) is 3.98. The molecule has 4 nitrogen and oxygen atoms in total. The molecule has 23 heavy (non-hydrogen) atoms. The number of ether oxygens (including phenoxy) is 1. The zero-order chi connectivity index (χ0) is 16.2. The number of amides is 1. The van der Waals surface area contributed by atoms with Crippen molar-refractivity contribution in [3.8, 4) is 6.07 Å². The molecule has 114 valence electrons. The molecule has 2 aromatic carbocycles. The summed E-state index contributed by atoms with van der Waals surface area (Å²) < 4.78 is 4.96. The average Bonchev–Trinajstić information content (AvgIpc) is 2.89. The third-order valence-corrected chi connectivity index (χ3v) is 3.85. The van der Waals surface area contributed by atoms with Crippen LogP contribution in [0.5, 0.6) is 0 Å². The minimum Gasteiger partial charge on any atom is -0.450 e. The van der Waals surface area contributed by atoms with Crippen molar-refractivity contribution in [2.24, 2.45) is 0 Å². The Morgan fingerprint density at radius 2 is 1.87 bits per heavy atom. The van der Waals surface area contributed by atoms with E-state index in [1.54, 1.807) is 6.92 Å². The van der Waals surface area contributed by atoms with Crippen LogP contribution in [-0.2, 0) is 4.74 Å². The molecule has 0 aromatic heterocycles. The third kappa shape index (κ3) is 2.69. The first-order valence-corrected chi connectivity index (χ1v) is 7.48. The molecule has 0 bridgehead atoms. The van der Waals surface area contributed by atoms with E-state index in [4.69, 9.17) is 4.74 Å². The van der Waals surface area contributed by atoms with E-state index in [2.05, 4.69) is 11.4 Å². The second-order valence-electron chi connectivity index (χ2n) is 5.18. The molecule has 1 aliphatic rings. The Balaban J connectivity index is 2.11. The third-order valence-electron chi connectivity index (χ3n) is 3.85. The Kier molecular flexibility index (Phi) is 4.11. The summed E-state index contributed by atoms with van der Waals surface area (Å²) in [5, 5.41) is 12.4. The van der Waals surface area contributed by atoms with Crippen molar-refractivity contribution in [1.29, 1.82) is 5.26 Å².